The number of rotatable bonds is 2. The van der Waals surface area contributed by atoms with Crippen molar-refractivity contribution in [2.24, 2.45) is 17.8 Å². The SMILES string of the molecule is CC(C)CC1CC2CCN(C)C2CC1O. The molecule has 0 aromatic heterocycles. The molecule has 2 rings (SSSR count). The summed E-state index contributed by atoms with van der Waals surface area (Å²) in [5, 5.41) is 10.2. The minimum atomic E-state index is -0.0470. The number of aliphatic hydroxyl groups is 1. The molecule has 1 saturated carbocycles. The number of hydrogen-bond donors (Lipinski definition) is 1. The van der Waals surface area contributed by atoms with Gasteiger partial charge in [0.1, 0.15) is 0 Å². The Morgan fingerprint density at radius 2 is 2.07 bits per heavy atom. The normalized spacial score (nSPS) is 42.2. The summed E-state index contributed by atoms with van der Waals surface area (Å²) >= 11 is 0. The molecule has 4 atom stereocenters. The highest BCUT2D eigenvalue weighted by molar-refractivity contribution is 4.94. The predicted molar refractivity (Wildman–Crippen MR) is 62.7 cm³/mol. The molecule has 1 N–H and O–H groups in total. The van der Waals surface area contributed by atoms with Gasteiger partial charge < -0.3 is 10.0 Å². The van der Waals surface area contributed by atoms with Crippen LogP contribution < -0.4 is 0 Å². The molecule has 15 heavy (non-hydrogen) atoms. The Kier molecular flexibility index (Phi) is 3.36. The number of likely N-dealkylation sites (tertiary alicyclic amines) is 1. The first-order valence-corrected chi connectivity index (χ1v) is 6.46. The fraction of sp³-hybridized carbons (Fsp3) is 1.00. The van der Waals surface area contributed by atoms with E-state index in [1.165, 1.54) is 25.8 Å². The third kappa shape index (κ3) is 2.36. The summed E-state index contributed by atoms with van der Waals surface area (Å²) in [5.41, 5.74) is 0. The molecule has 2 fully saturated rings. The summed E-state index contributed by atoms with van der Waals surface area (Å²) in [7, 11) is 2.21. The summed E-state index contributed by atoms with van der Waals surface area (Å²) in [5.74, 6) is 2.15. The van der Waals surface area contributed by atoms with E-state index in [1.807, 2.05) is 0 Å². The first kappa shape index (κ1) is 11.4. The van der Waals surface area contributed by atoms with E-state index in [-0.39, 0.29) is 6.10 Å². The van der Waals surface area contributed by atoms with Gasteiger partial charge in [0.05, 0.1) is 6.10 Å². The Morgan fingerprint density at radius 3 is 2.73 bits per heavy atom. The fourth-order valence-corrected chi connectivity index (χ4v) is 3.58. The second-order valence-electron chi connectivity index (χ2n) is 6.03. The van der Waals surface area contributed by atoms with E-state index in [2.05, 4.69) is 25.8 Å². The third-order valence-electron chi connectivity index (χ3n) is 4.37. The van der Waals surface area contributed by atoms with E-state index in [9.17, 15) is 5.11 Å². The maximum Gasteiger partial charge on any atom is 0.0583 e. The van der Waals surface area contributed by atoms with Gasteiger partial charge in [-0.1, -0.05) is 13.8 Å². The Bertz CT molecular complexity index is 217. The molecule has 1 aliphatic carbocycles. The first-order valence-electron chi connectivity index (χ1n) is 6.46. The van der Waals surface area contributed by atoms with Gasteiger partial charge in [0, 0.05) is 6.04 Å². The van der Waals surface area contributed by atoms with Gasteiger partial charge in [-0.2, -0.15) is 0 Å². The number of hydrogen-bond acceptors (Lipinski definition) is 2. The lowest BCUT2D eigenvalue weighted by Gasteiger charge is -2.38. The van der Waals surface area contributed by atoms with Crippen molar-refractivity contribution in [2.45, 2.75) is 51.7 Å². The molecule has 0 aromatic rings. The van der Waals surface area contributed by atoms with Gasteiger partial charge in [-0.05, 0) is 57.0 Å². The Balaban J connectivity index is 1.96. The van der Waals surface area contributed by atoms with E-state index < -0.39 is 0 Å². The van der Waals surface area contributed by atoms with Crippen LogP contribution in [-0.2, 0) is 0 Å². The molecule has 1 aliphatic heterocycles. The van der Waals surface area contributed by atoms with Crippen LogP contribution in [0, 0.1) is 17.8 Å². The first-order chi connectivity index (χ1) is 7.08. The summed E-state index contributed by atoms with van der Waals surface area (Å²) in [6.45, 7) is 5.76. The molecule has 1 heterocycles. The summed E-state index contributed by atoms with van der Waals surface area (Å²) in [4.78, 5) is 2.44. The zero-order valence-electron chi connectivity index (χ0n) is 10.3. The molecular weight excluding hydrogens is 186 g/mol. The van der Waals surface area contributed by atoms with Gasteiger partial charge in [0.25, 0.3) is 0 Å². The summed E-state index contributed by atoms with van der Waals surface area (Å²) < 4.78 is 0. The molecule has 1 saturated heterocycles. The van der Waals surface area contributed by atoms with Crippen molar-refractivity contribution >= 4 is 0 Å². The Morgan fingerprint density at radius 1 is 1.33 bits per heavy atom. The minimum absolute atomic E-state index is 0.0470. The molecule has 0 radical (unpaired) electrons. The molecule has 88 valence electrons. The highest BCUT2D eigenvalue weighted by Gasteiger charge is 2.41. The Hall–Kier alpha value is -0.0800. The van der Waals surface area contributed by atoms with Gasteiger partial charge >= 0.3 is 0 Å². The molecule has 2 aliphatic rings. The van der Waals surface area contributed by atoms with E-state index in [0.29, 0.717) is 12.0 Å². The van der Waals surface area contributed by atoms with Crippen LogP contribution in [0.1, 0.15) is 39.5 Å². The van der Waals surface area contributed by atoms with Crippen molar-refractivity contribution in [3.8, 4) is 0 Å². The third-order valence-corrected chi connectivity index (χ3v) is 4.37. The maximum absolute atomic E-state index is 10.2. The van der Waals surface area contributed by atoms with Crippen LogP contribution in [0.5, 0.6) is 0 Å². The van der Waals surface area contributed by atoms with Gasteiger partial charge in [-0.3, -0.25) is 0 Å². The fourth-order valence-electron chi connectivity index (χ4n) is 3.58. The standard InChI is InChI=1S/C13H25NO/c1-9(2)6-11-7-10-4-5-14(3)12(10)8-13(11)15/h9-13,15H,4-8H2,1-3H3. The Labute approximate surface area is 93.7 Å². The summed E-state index contributed by atoms with van der Waals surface area (Å²) in [6.07, 6.45) is 4.78. The van der Waals surface area contributed by atoms with E-state index >= 15 is 0 Å². The highest BCUT2D eigenvalue weighted by Crippen LogP contribution is 2.40. The zero-order chi connectivity index (χ0) is 11.0. The topological polar surface area (TPSA) is 23.5 Å². The lowest BCUT2D eigenvalue weighted by Crippen LogP contribution is -2.42. The molecule has 0 amide bonds. The zero-order valence-corrected chi connectivity index (χ0v) is 10.3. The number of aliphatic hydroxyl groups excluding tert-OH is 1. The lowest BCUT2D eigenvalue weighted by atomic mass is 9.73. The molecule has 4 unspecified atom stereocenters. The molecule has 2 nitrogen and oxygen atoms in total. The average Bonchev–Trinajstić information content (AvgIpc) is 2.48. The largest absolute Gasteiger partial charge is 0.393 e. The monoisotopic (exact) mass is 211 g/mol. The van der Waals surface area contributed by atoms with Crippen LogP contribution in [0.25, 0.3) is 0 Å². The van der Waals surface area contributed by atoms with Crippen molar-refractivity contribution in [3.05, 3.63) is 0 Å². The van der Waals surface area contributed by atoms with Crippen LogP contribution in [0.15, 0.2) is 0 Å². The maximum atomic E-state index is 10.2. The predicted octanol–water partition coefficient (Wildman–Crippen LogP) is 2.12. The smallest absolute Gasteiger partial charge is 0.0583 e. The second-order valence-corrected chi connectivity index (χ2v) is 6.03. The van der Waals surface area contributed by atoms with Crippen LogP contribution in [-0.4, -0.2) is 35.7 Å². The minimum Gasteiger partial charge on any atom is -0.393 e. The molecule has 0 bridgehead atoms. The molecule has 0 aromatic carbocycles. The van der Waals surface area contributed by atoms with Crippen LogP contribution in [0.4, 0.5) is 0 Å². The quantitative estimate of drug-likeness (QED) is 0.756. The van der Waals surface area contributed by atoms with Crippen molar-refractivity contribution in [2.75, 3.05) is 13.6 Å². The lowest BCUT2D eigenvalue weighted by molar-refractivity contribution is 0.0121. The van der Waals surface area contributed by atoms with Crippen molar-refractivity contribution in [3.63, 3.8) is 0 Å². The van der Waals surface area contributed by atoms with Crippen molar-refractivity contribution in [1.29, 1.82) is 0 Å². The average molecular weight is 211 g/mol. The second kappa shape index (κ2) is 4.42. The summed E-state index contributed by atoms with van der Waals surface area (Å²) in [6, 6.07) is 0.670. The van der Waals surface area contributed by atoms with Gasteiger partial charge in [0.2, 0.25) is 0 Å². The molecular formula is C13H25NO. The van der Waals surface area contributed by atoms with Crippen molar-refractivity contribution < 1.29 is 5.11 Å². The van der Waals surface area contributed by atoms with E-state index in [0.717, 1.165) is 18.3 Å². The van der Waals surface area contributed by atoms with Gasteiger partial charge in [-0.15, -0.1) is 0 Å². The number of nitrogens with zero attached hydrogens (tertiary/aromatic N) is 1. The van der Waals surface area contributed by atoms with Gasteiger partial charge in [0.15, 0.2) is 0 Å². The number of fused-ring (bicyclic) bond motifs is 1. The van der Waals surface area contributed by atoms with Crippen LogP contribution in [0.3, 0.4) is 0 Å². The van der Waals surface area contributed by atoms with E-state index in [4.69, 9.17) is 0 Å². The van der Waals surface area contributed by atoms with Crippen molar-refractivity contribution in [1.82, 2.24) is 4.90 Å². The molecule has 0 spiro atoms. The van der Waals surface area contributed by atoms with Crippen LogP contribution in [0.2, 0.25) is 0 Å². The molecule has 2 heteroatoms. The van der Waals surface area contributed by atoms with Crippen LogP contribution >= 0.6 is 0 Å². The van der Waals surface area contributed by atoms with E-state index in [1.54, 1.807) is 0 Å². The van der Waals surface area contributed by atoms with Gasteiger partial charge in [-0.25, -0.2) is 0 Å². The highest BCUT2D eigenvalue weighted by atomic mass is 16.3.